The van der Waals surface area contributed by atoms with Gasteiger partial charge in [0, 0.05) is 0 Å². The third-order valence-corrected chi connectivity index (χ3v) is 3.85. The number of rotatable bonds is 3. The zero-order chi connectivity index (χ0) is 9.72. The Morgan fingerprint density at radius 2 is 1.83 bits per heavy atom. The molecule has 0 bridgehead atoms. The smallest absolute Gasteiger partial charge is 0.345 e. The van der Waals surface area contributed by atoms with E-state index in [4.69, 9.17) is 5.11 Å². The fourth-order valence-electron chi connectivity index (χ4n) is 0.378. The number of carboxylic acid groups (broad SMARTS) is 1. The zero-order valence-electron chi connectivity index (χ0n) is 6.13. The molecule has 0 aliphatic heterocycles. The summed E-state index contributed by atoms with van der Waals surface area (Å²) in [7, 11) is 0. The van der Waals surface area contributed by atoms with Crippen molar-refractivity contribution in [1.82, 2.24) is 0 Å². The van der Waals surface area contributed by atoms with Gasteiger partial charge < -0.3 is 9.84 Å². The Kier molecular flexibility index (Phi) is 5.80. The quantitative estimate of drug-likeness (QED) is 0.449. The van der Waals surface area contributed by atoms with Crippen molar-refractivity contribution in [2.24, 2.45) is 0 Å². The van der Waals surface area contributed by atoms with Crippen LogP contribution in [0.2, 0.25) is 0 Å². The first-order chi connectivity index (χ1) is 5.50. The average molecular weight is 396 g/mol. The monoisotopic (exact) mass is 396 g/mol. The summed E-state index contributed by atoms with van der Waals surface area (Å²) in [5, 5.41) is 8.49. The lowest BCUT2D eigenvalue weighted by molar-refractivity contribution is -0.138. The second kappa shape index (κ2) is 5.73. The number of hydrogen-bond acceptors (Lipinski definition) is 3. The molecule has 0 aromatic heterocycles. The molecule has 1 N–H and O–H groups in total. The second-order valence-corrected chi connectivity index (χ2v) is 3.81. The van der Waals surface area contributed by atoms with E-state index in [0.717, 1.165) is 0 Å². The lowest BCUT2D eigenvalue weighted by atomic mass is 10.5. The second-order valence-electron chi connectivity index (χ2n) is 1.65. The molecule has 0 amide bonds. The molecule has 0 saturated carbocycles. The molecular weight excluding hydrogens is 390 g/mol. The Hall–Kier alpha value is 0.140. The van der Waals surface area contributed by atoms with Gasteiger partial charge in [-0.15, -0.1) is 0 Å². The van der Waals surface area contributed by atoms with E-state index >= 15 is 0 Å². The summed E-state index contributed by atoms with van der Waals surface area (Å²) in [6.07, 6.45) is 0. The molecule has 12 heavy (non-hydrogen) atoms. The highest BCUT2D eigenvalue weighted by Crippen LogP contribution is 2.20. The van der Waals surface area contributed by atoms with E-state index in [1.165, 1.54) is 0 Å². The lowest BCUT2D eigenvalue weighted by Crippen LogP contribution is -2.07. The molecule has 0 fully saturated rings. The SMILES string of the molecule is CCOC(=O)/C(I)=C(\I)C(=O)O. The number of esters is 1. The van der Waals surface area contributed by atoms with E-state index in [0.29, 0.717) is 0 Å². The number of carboxylic acids is 1. The van der Waals surface area contributed by atoms with Crippen molar-refractivity contribution in [1.29, 1.82) is 0 Å². The Morgan fingerprint density at radius 3 is 2.17 bits per heavy atom. The third-order valence-electron chi connectivity index (χ3n) is 0.835. The Morgan fingerprint density at radius 1 is 1.33 bits per heavy atom. The molecule has 68 valence electrons. The molecule has 4 nitrogen and oxygen atoms in total. The van der Waals surface area contributed by atoms with Crippen molar-refractivity contribution in [3.63, 3.8) is 0 Å². The topological polar surface area (TPSA) is 63.6 Å². The lowest BCUT2D eigenvalue weighted by Gasteiger charge is -2.00. The summed E-state index contributed by atoms with van der Waals surface area (Å²) in [6, 6.07) is 0. The molecule has 6 heteroatoms. The van der Waals surface area contributed by atoms with Gasteiger partial charge in [-0.3, -0.25) is 0 Å². The van der Waals surface area contributed by atoms with Crippen molar-refractivity contribution in [3.05, 3.63) is 7.16 Å². The zero-order valence-corrected chi connectivity index (χ0v) is 10.4. The van der Waals surface area contributed by atoms with E-state index in [1.54, 1.807) is 52.1 Å². The van der Waals surface area contributed by atoms with Crippen LogP contribution in [-0.4, -0.2) is 23.7 Å². The van der Waals surface area contributed by atoms with Crippen LogP contribution in [0.25, 0.3) is 0 Å². The minimum Gasteiger partial charge on any atom is -0.477 e. The van der Waals surface area contributed by atoms with Crippen LogP contribution in [0.4, 0.5) is 0 Å². The Labute approximate surface area is 96.6 Å². The molecule has 0 spiro atoms. The predicted molar refractivity (Wildman–Crippen MR) is 59.3 cm³/mol. The summed E-state index contributed by atoms with van der Waals surface area (Å²) in [5.74, 6) is -1.71. The number of hydrogen-bond donors (Lipinski definition) is 1. The van der Waals surface area contributed by atoms with Gasteiger partial charge in [0.15, 0.2) is 0 Å². The van der Waals surface area contributed by atoms with Gasteiger partial charge in [-0.25, -0.2) is 9.59 Å². The molecule has 0 aliphatic carbocycles. The van der Waals surface area contributed by atoms with Crippen molar-refractivity contribution in [2.75, 3.05) is 6.61 Å². The number of carbonyl (C=O) groups excluding carboxylic acids is 1. The van der Waals surface area contributed by atoms with Crippen molar-refractivity contribution in [2.45, 2.75) is 6.92 Å². The molecule has 0 atom stereocenters. The maximum atomic E-state index is 10.9. The van der Waals surface area contributed by atoms with Gasteiger partial charge in [-0.05, 0) is 52.1 Å². The fraction of sp³-hybridized carbons (Fsp3) is 0.333. The summed E-state index contributed by atoms with van der Waals surface area (Å²) < 4.78 is 4.68. The summed E-state index contributed by atoms with van der Waals surface area (Å²) in [5.41, 5.74) is 0. The molecule has 0 rings (SSSR count). The normalized spacial score (nSPS) is 11.9. The summed E-state index contributed by atoms with van der Waals surface area (Å²) >= 11 is 3.23. The first-order valence-corrected chi connectivity index (χ1v) is 5.12. The van der Waals surface area contributed by atoms with E-state index in [2.05, 4.69) is 4.74 Å². The Bertz CT molecular complexity index is 234. The van der Waals surface area contributed by atoms with E-state index in [1.807, 2.05) is 0 Å². The van der Waals surface area contributed by atoms with Crippen molar-refractivity contribution in [3.8, 4) is 0 Å². The fourth-order valence-corrected chi connectivity index (χ4v) is 0.985. The first kappa shape index (κ1) is 12.1. The molecule has 0 saturated heterocycles. The van der Waals surface area contributed by atoms with Crippen LogP contribution in [0.3, 0.4) is 0 Å². The van der Waals surface area contributed by atoms with Crippen LogP contribution in [0, 0.1) is 0 Å². The van der Waals surface area contributed by atoms with E-state index < -0.39 is 11.9 Å². The van der Waals surface area contributed by atoms with Gasteiger partial charge in [0.2, 0.25) is 0 Å². The first-order valence-electron chi connectivity index (χ1n) is 2.96. The molecule has 0 unspecified atom stereocenters. The number of ether oxygens (including phenoxy) is 1. The van der Waals surface area contributed by atoms with Gasteiger partial charge in [-0.1, -0.05) is 0 Å². The molecular formula is C6H6I2O4. The van der Waals surface area contributed by atoms with Gasteiger partial charge in [0.25, 0.3) is 0 Å². The maximum absolute atomic E-state index is 10.9. The van der Waals surface area contributed by atoms with Crippen LogP contribution in [0.5, 0.6) is 0 Å². The molecule has 0 heterocycles. The molecule has 0 aromatic rings. The van der Waals surface area contributed by atoms with Crippen LogP contribution in [0.15, 0.2) is 7.16 Å². The molecule has 0 aliphatic rings. The van der Waals surface area contributed by atoms with Gasteiger partial charge in [0.1, 0.15) is 7.16 Å². The minimum absolute atomic E-state index is 0.0216. The van der Waals surface area contributed by atoms with Gasteiger partial charge in [0.05, 0.1) is 6.61 Å². The summed E-state index contributed by atoms with van der Waals surface area (Å²) in [4.78, 5) is 21.3. The average Bonchev–Trinajstić information content (AvgIpc) is 2.02. The molecule has 0 radical (unpaired) electrons. The molecule has 0 aromatic carbocycles. The minimum atomic E-state index is -1.12. The van der Waals surface area contributed by atoms with Crippen LogP contribution in [-0.2, 0) is 14.3 Å². The highest BCUT2D eigenvalue weighted by atomic mass is 127. The maximum Gasteiger partial charge on any atom is 0.345 e. The standard InChI is InChI=1S/C6H6I2O4/c1-2-12-6(11)4(8)3(7)5(9)10/h2H2,1H3,(H,9,10)/b4-3+. The highest BCUT2D eigenvalue weighted by Gasteiger charge is 2.16. The Balaban J connectivity index is 4.55. The van der Waals surface area contributed by atoms with Gasteiger partial charge >= 0.3 is 11.9 Å². The van der Waals surface area contributed by atoms with Crippen molar-refractivity contribution < 1.29 is 19.4 Å². The number of halogens is 2. The highest BCUT2D eigenvalue weighted by molar-refractivity contribution is 14.1. The van der Waals surface area contributed by atoms with Gasteiger partial charge in [-0.2, -0.15) is 0 Å². The van der Waals surface area contributed by atoms with Crippen LogP contribution in [0.1, 0.15) is 6.92 Å². The van der Waals surface area contributed by atoms with Crippen LogP contribution < -0.4 is 0 Å². The van der Waals surface area contributed by atoms with Crippen molar-refractivity contribution >= 4 is 57.1 Å². The predicted octanol–water partition coefficient (Wildman–Crippen LogP) is 1.72. The number of carbonyl (C=O) groups is 2. The summed E-state index contributed by atoms with van der Waals surface area (Å²) in [6.45, 7) is 1.91. The van der Waals surface area contributed by atoms with E-state index in [-0.39, 0.29) is 13.8 Å². The largest absolute Gasteiger partial charge is 0.477 e. The van der Waals surface area contributed by atoms with Crippen LogP contribution >= 0.6 is 45.2 Å². The van der Waals surface area contributed by atoms with E-state index in [9.17, 15) is 9.59 Å². The number of aliphatic carboxylic acids is 1. The third kappa shape index (κ3) is 3.70.